The van der Waals surface area contributed by atoms with Crippen LogP contribution >= 0.6 is 23.2 Å². The number of hydrogen-bond donors (Lipinski definition) is 0. The van der Waals surface area contributed by atoms with Crippen molar-refractivity contribution in [2.24, 2.45) is 0 Å². The predicted molar refractivity (Wildman–Crippen MR) is 97.4 cm³/mol. The predicted octanol–water partition coefficient (Wildman–Crippen LogP) is 4.96. The molecule has 1 aromatic carbocycles. The van der Waals surface area contributed by atoms with Gasteiger partial charge in [0.25, 0.3) is 0 Å². The Labute approximate surface area is 151 Å². The van der Waals surface area contributed by atoms with Crippen LogP contribution in [0.25, 0.3) is 22.5 Å². The van der Waals surface area contributed by atoms with Crippen LogP contribution in [0.15, 0.2) is 49.1 Å². The fourth-order valence-corrected chi connectivity index (χ4v) is 3.11. The van der Waals surface area contributed by atoms with Gasteiger partial charge in [-0.2, -0.15) is 0 Å². The molecular weight excluding hydrogens is 345 g/mol. The van der Waals surface area contributed by atoms with Gasteiger partial charge in [0.15, 0.2) is 0 Å². The van der Waals surface area contributed by atoms with Crippen LogP contribution < -0.4 is 0 Å². The Bertz CT molecular complexity index is 798. The van der Waals surface area contributed by atoms with Gasteiger partial charge in [0.05, 0.1) is 34.4 Å². The number of hydrogen-bond acceptors (Lipinski definition) is 3. The van der Waals surface area contributed by atoms with Crippen LogP contribution in [0.2, 0.25) is 10.0 Å². The molecule has 0 saturated carbocycles. The Morgan fingerprint density at radius 3 is 2.46 bits per heavy atom. The first kappa shape index (κ1) is 17.0. The van der Waals surface area contributed by atoms with Crippen molar-refractivity contribution in [2.45, 2.75) is 13.5 Å². The van der Waals surface area contributed by atoms with Crippen molar-refractivity contribution in [3.8, 4) is 22.5 Å². The van der Waals surface area contributed by atoms with Crippen molar-refractivity contribution >= 4 is 23.2 Å². The first-order valence-corrected chi connectivity index (χ1v) is 8.45. The van der Waals surface area contributed by atoms with E-state index >= 15 is 0 Å². The third kappa shape index (κ3) is 3.46. The number of nitrogens with zero attached hydrogens (tertiary/aromatic N) is 3. The van der Waals surface area contributed by atoms with Gasteiger partial charge in [0.1, 0.15) is 0 Å². The lowest BCUT2D eigenvalue weighted by molar-refractivity contribution is 0.139. The van der Waals surface area contributed by atoms with E-state index in [9.17, 15) is 0 Å². The summed E-state index contributed by atoms with van der Waals surface area (Å²) >= 11 is 12.8. The molecule has 2 heterocycles. The van der Waals surface area contributed by atoms with E-state index in [1.54, 1.807) is 18.7 Å². The summed E-state index contributed by atoms with van der Waals surface area (Å²) in [7, 11) is 0. The fraction of sp³-hybridized carbons (Fsp3) is 0.222. The highest BCUT2D eigenvalue weighted by atomic mass is 35.5. The second-order valence-corrected chi connectivity index (χ2v) is 5.99. The lowest BCUT2D eigenvalue weighted by atomic mass is 10.1. The van der Waals surface area contributed by atoms with Gasteiger partial charge in [-0.15, -0.1) is 0 Å². The monoisotopic (exact) mass is 361 g/mol. The molecule has 24 heavy (non-hydrogen) atoms. The van der Waals surface area contributed by atoms with Crippen LogP contribution in [-0.4, -0.2) is 27.7 Å². The highest BCUT2D eigenvalue weighted by Crippen LogP contribution is 2.39. The summed E-state index contributed by atoms with van der Waals surface area (Å²) in [4.78, 5) is 8.64. The van der Waals surface area contributed by atoms with Crippen molar-refractivity contribution < 1.29 is 4.74 Å². The first-order valence-electron chi connectivity index (χ1n) is 7.70. The van der Waals surface area contributed by atoms with E-state index in [0.29, 0.717) is 29.8 Å². The highest BCUT2D eigenvalue weighted by molar-refractivity contribution is 6.39. The van der Waals surface area contributed by atoms with Gasteiger partial charge in [-0.1, -0.05) is 53.5 Å². The van der Waals surface area contributed by atoms with E-state index in [4.69, 9.17) is 27.9 Å². The average Bonchev–Trinajstić information content (AvgIpc) is 2.99. The van der Waals surface area contributed by atoms with Crippen LogP contribution in [0.5, 0.6) is 0 Å². The third-order valence-electron chi connectivity index (χ3n) is 3.66. The summed E-state index contributed by atoms with van der Waals surface area (Å²) in [6, 6.07) is 9.97. The Balaban J connectivity index is 2.15. The Kier molecular flexibility index (Phi) is 5.51. The minimum Gasteiger partial charge on any atom is -0.380 e. The molecule has 0 saturated heterocycles. The van der Waals surface area contributed by atoms with Crippen molar-refractivity contribution in [1.29, 1.82) is 0 Å². The maximum Gasteiger partial charge on any atom is 0.0964 e. The maximum absolute atomic E-state index is 6.39. The molecule has 0 amide bonds. The standard InChI is InChI=1S/C18H17Cl2N3O/c1-2-24-9-8-23-12-22-17(13-6-4-3-5-7-13)18(23)16-14(19)10-21-11-15(16)20/h3-7,10-12H,2,8-9H2,1H3. The minimum atomic E-state index is 0.498. The summed E-state index contributed by atoms with van der Waals surface area (Å²) in [6.07, 6.45) is 4.98. The summed E-state index contributed by atoms with van der Waals surface area (Å²) < 4.78 is 7.50. The van der Waals surface area contributed by atoms with E-state index in [0.717, 1.165) is 22.5 Å². The molecule has 6 heteroatoms. The van der Waals surface area contributed by atoms with Crippen LogP contribution in [0.4, 0.5) is 0 Å². The number of ether oxygens (including phenoxy) is 1. The van der Waals surface area contributed by atoms with Crippen LogP contribution in [0.3, 0.4) is 0 Å². The Morgan fingerprint density at radius 1 is 1.08 bits per heavy atom. The van der Waals surface area contributed by atoms with Crippen LogP contribution in [0, 0.1) is 0 Å². The van der Waals surface area contributed by atoms with Gasteiger partial charge in [-0.05, 0) is 6.92 Å². The van der Waals surface area contributed by atoms with E-state index in [1.165, 1.54) is 0 Å². The molecule has 0 aliphatic heterocycles. The molecule has 3 aromatic rings. The SMILES string of the molecule is CCOCCn1cnc(-c2ccccc2)c1-c1c(Cl)cncc1Cl. The summed E-state index contributed by atoms with van der Waals surface area (Å²) in [5, 5.41) is 0.996. The molecular formula is C18H17Cl2N3O. The number of imidazole rings is 1. The number of pyridine rings is 1. The minimum absolute atomic E-state index is 0.498. The van der Waals surface area contributed by atoms with E-state index < -0.39 is 0 Å². The van der Waals surface area contributed by atoms with E-state index in [1.807, 2.05) is 41.8 Å². The summed E-state index contributed by atoms with van der Waals surface area (Å²) in [6.45, 7) is 3.90. The van der Waals surface area contributed by atoms with Gasteiger partial charge >= 0.3 is 0 Å². The zero-order valence-corrected chi connectivity index (χ0v) is 14.8. The lowest BCUT2D eigenvalue weighted by Gasteiger charge is -2.13. The number of rotatable bonds is 6. The molecule has 124 valence electrons. The van der Waals surface area contributed by atoms with E-state index in [-0.39, 0.29) is 0 Å². The van der Waals surface area contributed by atoms with Crippen LogP contribution in [-0.2, 0) is 11.3 Å². The summed E-state index contributed by atoms with van der Waals surface area (Å²) in [5.74, 6) is 0. The third-order valence-corrected chi connectivity index (χ3v) is 4.23. The zero-order chi connectivity index (χ0) is 16.9. The Hall–Kier alpha value is -1.88. The molecule has 3 rings (SSSR count). The Morgan fingerprint density at radius 2 is 1.79 bits per heavy atom. The first-order chi connectivity index (χ1) is 11.7. The van der Waals surface area contributed by atoms with Crippen molar-refractivity contribution in [2.75, 3.05) is 13.2 Å². The smallest absolute Gasteiger partial charge is 0.0964 e. The average molecular weight is 362 g/mol. The molecule has 0 atom stereocenters. The van der Waals surface area contributed by atoms with E-state index in [2.05, 4.69) is 9.97 Å². The molecule has 0 fully saturated rings. The van der Waals surface area contributed by atoms with Gasteiger partial charge in [0.2, 0.25) is 0 Å². The highest BCUT2D eigenvalue weighted by Gasteiger charge is 2.20. The molecule has 2 aromatic heterocycles. The van der Waals surface area contributed by atoms with Gasteiger partial charge in [0, 0.05) is 36.7 Å². The molecule has 4 nitrogen and oxygen atoms in total. The van der Waals surface area contributed by atoms with Gasteiger partial charge in [-0.3, -0.25) is 4.98 Å². The lowest BCUT2D eigenvalue weighted by Crippen LogP contribution is -2.07. The molecule has 0 spiro atoms. The van der Waals surface area contributed by atoms with Gasteiger partial charge < -0.3 is 9.30 Å². The van der Waals surface area contributed by atoms with Crippen molar-refractivity contribution in [3.05, 3.63) is 59.1 Å². The van der Waals surface area contributed by atoms with Crippen molar-refractivity contribution in [1.82, 2.24) is 14.5 Å². The second kappa shape index (κ2) is 7.79. The molecule has 0 bridgehead atoms. The molecule has 0 radical (unpaired) electrons. The molecule has 0 aliphatic carbocycles. The maximum atomic E-state index is 6.39. The largest absolute Gasteiger partial charge is 0.380 e. The number of aromatic nitrogens is 3. The fourth-order valence-electron chi connectivity index (χ4n) is 2.57. The van der Waals surface area contributed by atoms with Crippen LogP contribution in [0.1, 0.15) is 6.92 Å². The topological polar surface area (TPSA) is 39.9 Å². The molecule has 0 aliphatic rings. The number of halogens is 2. The summed E-state index contributed by atoms with van der Waals surface area (Å²) in [5.41, 5.74) is 3.45. The normalized spacial score (nSPS) is 11.0. The van der Waals surface area contributed by atoms with Crippen molar-refractivity contribution in [3.63, 3.8) is 0 Å². The van der Waals surface area contributed by atoms with Gasteiger partial charge in [-0.25, -0.2) is 4.98 Å². The quantitative estimate of drug-likeness (QED) is 0.582. The second-order valence-electron chi connectivity index (χ2n) is 5.18. The number of benzene rings is 1. The molecule has 0 unspecified atom stereocenters. The zero-order valence-electron chi connectivity index (χ0n) is 13.2. The molecule has 0 N–H and O–H groups in total.